The maximum Gasteiger partial charge on any atom is 0.0518 e. The molecule has 0 bridgehead atoms. The highest BCUT2D eigenvalue weighted by Gasteiger charge is 1.99. The lowest BCUT2D eigenvalue weighted by molar-refractivity contribution is 0.592. The predicted octanol–water partition coefficient (Wildman–Crippen LogP) is 1.08. The Morgan fingerprint density at radius 1 is 1.83 bits per heavy atom. The average Bonchev–Trinajstić information content (AvgIpc) is 2.47. The van der Waals surface area contributed by atoms with Crippen molar-refractivity contribution in [3.8, 4) is 0 Å². The van der Waals surface area contributed by atoms with Crippen molar-refractivity contribution in [2.45, 2.75) is 19.5 Å². The Labute approximate surface area is 73.1 Å². The smallest absolute Gasteiger partial charge is 0.0518 e. The molecule has 0 spiro atoms. The second-order valence-electron chi connectivity index (χ2n) is 2.85. The molecule has 0 aliphatic rings. The van der Waals surface area contributed by atoms with E-state index in [1.165, 1.54) is 5.69 Å². The molecule has 0 aliphatic carbocycles. The van der Waals surface area contributed by atoms with E-state index in [-0.39, 0.29) is 0 Å². The topological polar surface area (TPSA) is 29.9 Å². The Kier molecular flexibility index (Phi) is 3.05. The van der Waals surface area contributed by atoms with Crippen LogP contribution in [0.25, 0.3) is 0 Å². The van der Waals surface area contributed by atoms with E-state index in [0.29, 0.717) is 6.04 Å². The zero-order valence-corrected chi connectivity index (χ0v) is 7.62. The Balaban J connectivity index is 2.43. The van der Waals surface area contributed by atoms with E-state index >= 15 is 0 Å². The lowest BCUT2D eigenvalue weighted by atomic mass is 10.3. The van der Waals surface area contributed by atoms with E-state index in [0.717, 1.165) is 6.54 Å². The lowest BCUT2D eigenvalue weighted by Crippen LogP contribution is -2.24. The zero-order chi connectivity index (χ0) is 8.97. The Hall–Kier alpha value is -1.09. The molecule has 1 atom stereocenters. The molecule has 1 heterocycles. The van der Waals surface area contributed by atoms with Gasteiger partial charge in [0, 0.05) is 25.8 Å². The minimum absolute atomic E-state index is 0.347. The first-order valence-corrected chi connectivity index (χ1v) is 4.07. The molecule has 1 N–H and O–H groups in total. The summed E-state index contributed by atoms with van der Waals surface area (Å²) in [6.45, 7) is 6.61. The Morgan fingerprint density at radius 2 is 2.58 bits per heavy atom. The molecule has 0 saturated carbocycles. The lowest BCUT2D eigenvalue weighted by Gasteiger charge is -2.08. The summed E-state index contributed by atoms with van der Waals surface area (Å²) in [6.07, 6.45) is 3.69. The molecule has 1 aromatic rings. The standard InChI is InChI=1S/C9H15N3/c1-4-8(2)10-7-9-5-6-11-12(9)3/h4-6,8,10H,1,7H2,2-3H3. The summed E-state index contributed by atoms with van der Waals surface area (Å²) >= 11 is 0. The van der Waals surface area contributed by atoms with Crippen LogP contribution in [-0.4, -0.2) is 15.8 Å². The molecule has 0 amide bonds. The molecule has 1 rings (SSSR count). The van der Waals surface area contributed by atoms with E-state index in [1.807, 2.05) is 23.9 Å². The predicted molar refractivity (Wildman–Crippen MR) is 49.7 cm³/mol. The molecule has 0 fully saturated rings. The molecule has 0 radical (unpaired) electrons. The molecule has 1 unspecified atom stereocenters. The van der Waals surface area contributed by atoms with Crippen LogP contribution >= 0.6 is 0 Å². The second-order valence-corrected chi connectivity index (χ2v) is 2.85. The van der Waals surface area contributed by atoms with Gasteiger partial charge in [-0.2, -0.15) is 5.10 Å². The first-order valence-electron chi connectivity index (χ1n) is 4.07. The monoisotopic (exact) mass is 165 g/mol. The quantitative estimate of drug-likeness (QED) is 0.677. The van der Waals surface area contributed by atoms with Crippen molar-refractivity contribution in [3.63, 3.8) is 0 Å². The molecule has 0 saturated heterocycles. The molecule has 3 heteroatoms. The van der Waals surface area contributed by atoms with Crippen LogP contribution in [0, 0.1) is 0 Å². The molecule has 3 nitrogen and oxygen atoms in total. The highest BCUT2D eigenvalue weighted by atomic mass is 15.3. The van der Waals surface area contributed by atoms with Crippen LogP contribution in [0.2, 0.25) is 0 Å². The van der Waals surface area contributed by atoms with Gasteiger partial charge in [-0.05, 0) is 13.0 Å². The van der Waals surface area contributed by atoms with Crippen molar-refractivity contribution in [3.05, 3.63) is 30.6 Å². The van der Waals surface area contributed by atoms with Crippen LogP contribution in [0.4, 0.5) is 0 Å². The molecule has 1 aromatic heterocycles. The van der Waals surface area contributed by atoms with Gasteiger partial charge in [-0.1, -0.05) is 6.08 Å². The van der Waals surface area contributed by atoms with Gasteiger partial charge >= 0.3 is 0 Å². The van der Waals surface area contributed by atoms with Crippen molar-refractivity contribution in [2.24, 2.45) is 7.05 Å². The molecular formula is C9H15N3. The summed E-state index contributed by atoms with van der Waals surface area (Å²) in [7, 11) is 1.94. The van der Waals surface area contributed by atoms with Crippen LogP contribution in [0.5, 0.6) is 0 Å². The molecule has 0 aliphatic heterocycles. The van der Waals surface area contributed by atoms with Crippen molar-refractivity contribution in [2.75, 3.05) is 0 Å². The van der Waals surface area contributed by atoms with Gasteiger partial charge in [0.1, 0.15) is 0 Å². The highest BCUT2D eigenvalue weighted by molar-refractivity contribution is 5.00. The summed E-state index contributed by atoms with van der Waals surface area (Å²) in [4.78, 5) is 0. The second kappa shape index (κ2) is 4.07. The molecular weight excluding hydrogens is 150 g/mol. The van der Waals surface area contributed by atoms with Gasteiger partial charge in [-0.15, -0.1) is 6.58 Å². The summed E-state index contributed by atoms with van der Waals surface area (Å²) in [5, 5.41) is 7.37. The van der Waals surface area contributed by atoms with Crippen molar-refractivity contribution in [1.29, 1.82) is 0 Å². The third-order valence-corrected chi connectivity index (χ3v) is 1.88. The van der Waals surface area contributed by atoms with Crippen LogP contribution in [0.3, 0.4) is 0 Å². The largest absolute Gasteiger partial charge is 0.305 e. The fourth-order valence-electron chi connectivity index (χ4n) is 0.924. The summed E-state index contributed by atoms with van der Waals surface area (Å²) in [5.74, 6) is 0. The number of hydrogen-bond donors (Lipinski definition) is 1. The molecule has 0 aromatic carbocycles. The van der Waals surface area contributed by atoms with Crippen molar-refractivity contribution >= 4 is 0 Å². The van der Waals surface area contributed by atoms with Gasteiger partial charge in [-0.3, -0.25) is 4.68 Å². The zero-order valence-electron chi connectivity index (χ0n) is 7.62. The van der Waals surface area contributed by atoms with E-state index in [2.05, 4.69) is 23.9 Å². The van der Waals surface area contributed by atoms with Gasteiger partial charge in [0.05, 0.1) is 5.69 Å². The maximum absolute atomic E-state index is 4.07. The first kappa shape index (κ1) is 9.00. The third-order valence-electron chi connectivity index (χ3n) is 1.88. The fraction of sp³-hybridized carbons (Fsp3) is 0.444. The SMILES string of the molecule is C=CC(C)NCc1ccnn1C. The Bertz CT molecular complexity index is 252. The minimum Gasteiger partial charge on any atom is -0.305 e. The van der Waals surface area contributed by atoms with Crippen LogP contribution in [-0.2, 0) is 13.6 Å². The highest BCUT2D eigenvalue weighted by Crippen LogP contribution is 1.95. The van der Waals surface area contributed by atoms with E-state index in [9.17, 15) is 0 Å². The van der Waals surface area contributed by atoms with E-state index in [4.69, 9.17) is 0 Å². The summed E-state index contributed by atoms with van der Waals surface area (Å²) < 4.78 is 1.86. The van der Waals surface area contributed by atoms with Crippen LogP contribution in [0.1, 0.15) is 12.6 Å². The first-order chi connectivity index (χ1) is 5.74. The van der Waals surface area contributed by atoms with Gasteiger partial charge in [-0.25, -0.2) is 0 Å². The van der Waals surface area contributed by atoms with Crippen molar-refractivity contribution < 1.29 is 0 Å². The van der Waals surface area contributed by atoms with Crippen LogP contribution in [0.15, 0.2) is 24.9 Å². The number of hydrogen-bond acceptors (Lipinski definition) is 2. The van der Waals surface area contributed by atoms with Crippen LogP contribution < -0.4 is 5.32 Å². The van der Waals surface area contributed by atoms with Gasteiger partial charge < -0.3 is 5.32 Å². The fourth-order valence-corrected chi connectivity index (χ4v) is 0.924. The van der Waals surface area contributed by atoms with Gasteiger partial charge in [0.2, 0.25) is 0 Å². The number of nitrogens with one attached hydrogen (secondary N) is 1. The number of aromatic nitrogens is 2. The molecule has 12 heavy (non-hydrogen) atoms. The van der Waals surface area contributed by atoms with Gasteiger partial charge in [0.15, 0.2) is 0 Å². The third kappa shape index (κ3) is 2.20. The van der Waals surface area contributed by atoms with Gasteiger partial charge in [0.25, 0.3) is 0 Å². The van der Waals surface area contributed by atoms with Crippen molar-refractivity contribution in [1.82, 2.24) is 15.1 Å². The summed E-state index contributed by atoms with van der Waals surface area (Å²) in [6, 6.07) is 2.35. The number of aryl methyl sites for hydroxylation is 1. The normalized spacial score (nSPS) is 12.8. The number of nitrogens with zero attached hydrogens (tertiary/aromatic N) is 2. The average molecular weight is 165 g/mol. The molecule has 66 valence electrons. The number of rotatable bonds is 4. The van der Waals surface area contributed by atoms with E-state index < -0.39 is 0 Å². The Morgan fingerprint density at radius 3 is 3.08 bits per heavy atom. The summed E-state index contributed by atoms with van der Waals surface area (Å²) in [5.41, 5.74) is 1.18. The maximum atomic E-state index is 4.07. The minimum atomic E-state index is 0.347. The van der Waals surface area contributed by atoms with E-state index in [1.54, 1.807) is 6.20 Å².